The number of hydrogen-bond acceptors (Lipinski definition) is 8. The molecule has 3 heterocycles. The van der Waals surface area contributed by atoms with Crippen LogP contribution in [0.2, 0.25) is 0 Å². The van der Waals surface area contributed by atoms with Crippen molar-refractivity contribution < 1.29 is 27.4 Å². The summed E-state index contributed by atoms with van der Waals surface area (Å²) in [5.74, 6) is 1.06. The number of carbonyl (C=O) groups is 1. The van der Waals surface area contributed by atoms with Gasteiger partial charge in [0.05, 0.1) is 31.2 Å². The number of carbonyl (C=O) groups excluding carboxylic acids is 1. The van der Waals surface area contributed by atoms with Crippen LogP contribution in [0.5, 0.6) is 11.5 Å². The molecule has 11 heteroatoms. The average Bonchev–Trinajstić information content (AvgIpc) is 3.59. The van der Waals surface area contributed by atoms with Gasteiger partial charge in [-0.3, -0.25) is 9.69 Å². The normalized spacial score (nSPS) is 15.5. The van der Waals surface area contributed by atoms with Crippen LogP contribution in [-0.2, 0) is 32.6 Å². The van der Waals surface area contributed by atoms with E-state index in [0.29, 0.717) is 44.3 Å². The maximum absolute atomic E-state index is 13.9. The van der Waals surface area contributed by atoms with Crippen LogP contribution in [-0.4, -0.2) is 81.2 Å². The number of nitrogens with zero attached hydrogens (tertiary/aromatic N) is 3. The molecule has 0 bridgehead atoms. The zero-order valence-corrected chi connectivity index (χ0v) is 24.5. The summed E-state index contributed by atoms with van der Waals surface area (Å²) in [6.07, 6.45) is 0. The molecule has 1 fully saturated rings. The molecule has 40 heavy (non-hydrogen) atoms. The Balaban J connectivity index is 1.39. The number of hydrogen-bond donors (Lipinski definition) is 0. The highest BCUT2D eigenvalue weighted by atomic mass is 32.2. The molecule has 0 saturated carbocycles. The van der Waals surface area contributed by atoms with Crippen LogP contribution >= 0.6 is 11.3 Å². The molecular weight excluding hydrogens is 550 g/mol. The molecule has 0 radical (unpaired) electrons. The highest BCUT2D eigenvalue weighted by Crippen LogP contribution is 2.33. The van der Waals surface area contributed by atoms with Crippen molar-refractivity contribution in [3.63, 3.8) is 0 Å². The second-order valence-electron chi connectivity index (χ2n) is 10.1. The summed E-state index contributed by atoms with van der Waals surface area (Å²) < 4.78 is 45.4. The summed E-state index contributed by atoms with van der Waals surface area (Å²) in [6, 6.07) is 14.4. The summed E-state index contributed by atoms with van der Waals surface area (Å²) in [7, 11) is -3.90. The van der Waals surface area contributed by atoms with Crippen molar-refractivity contribution in [3.8, 4) is 11.5 Å². The van der Waals surface area contributed by atoms with Gasteiger partial charge in [0.1, 0.15) is 0 Å². The van der Waals surface area contributed by atoms with Gasteiger partial charge in [-0.25, -0.2) is 8.42 Å². The Morgan fingerprint density at radius 2 is 1.73 bits per heavy atom. The van der Waals surface area contributed by atoms with Gasteiger partial charge in [-0.15, -0.1) is 11.3 Å². The summed E-state index contributed by atoms with van der Waals surface area (Å²) in [6.45, 7) is 7.99. The van der Waals surface area contributed by atoms with E-state index in [1.54, 1.807) is 40.5 Å². The lowest BCUT2D eigenvalue weighted by molar-refractivity contribution is -0.132. The number of fused-ring (bicyclic) bond motifs is 1. The van der Waals surface area contributed by atoms with Crippen molar-refractivity contribution in [1.29, 1.82) is 0 Å². The van der Waals surface area contributed by atoms with Crippen molar-refractivity contribution in [2.75, 3.05) is 52.7 Å². The third-order valence-electron chi connectivity index (χ3n) is 7.21. The van der Waals surface area contributed by atoms with E-state index in [4.69, 9.17) is 14.2 Å². The second kappa shape index (κ2) is 12.7. The molecule has 0 N–H and O–H groups in total. The zero-order chi connectivity index (χ0) is 28.1. The molecule has 0 unspecified atom stereocenters. The number of rotatable bonds is 11. The average molecular weight is 586 g/mol. The van der Waals surface area contributed by atoms with Crippen LogP contribution in [0, 0.1) is 13.8 Å². The minimum atomic E-state index is -3.90. The molecule has 2 aliphatic heterocycles. The first kappa shape index (κ1) is 28.6. The first-order valence-corrected chi connectivity index (χ1v) is 15.7. The van der Waals surface area contributed by atoms with Gasteiger partial charge < -0.3 is 19.1 Å². The second-order valence-corrected chi connectivity index (χ2v) is 13.0. The van der Waals surface area contributed by atoms with Crippen molar-refractivity contribution >= 4 is 27.3 Å². The van der Waals surface area contributed by atoms with E-state index in [1.165, 1.54) is 4.31 Å². The van der Waals surface area contributed by atoms with Crippen LogP contribution in [0.3, 0.4) is 0 Å². The van der Waals surface area contributed by atoms with Crippen molar-refractivity contribution in [2.24, 2.45) is 0 Å². The maximum Gasteiger partial charge on any atom is 0.243 e. The van der Waals surface area contributed by atoms with Gasteiger partial charge in [0.25, 0.3) is 0 Å². The number of amides is 1. The summed E-state index contributed by atoms with van der Waals surface area (Å²) >= 11 is 1.59. The molecule has 0 aliphatic carbocycles. The number of thiophene rings is 1. The van der Waals surface area contributed by atoms with Crippen LogP contribution in [0.15, 0.2) is 58.8 Å². The molecular formula is C29H35N3O6S2. The van der Waals surface area contributed by atoms with Gasteiger partial charge >= 0.3 is 0 Å². The molecule has 1 aromatic heterocycles. The fourth-order valence-corrected chi connectivity index (χ4v) is 7.00. The van der Waals surface area contributed by atoms with Gasteiger partial charge in [0.15, 0.2) is 11.5 Å². The number of benzene rings is 2. The Morgan fingerprint density at radius 3 is 2.45 bits per heavy atom. The van der Waals surface area contributed by atoms with E-state index in [1.807, 2.05) is 43.5 Å². The molecule has 1 amide bonds. The molecule has 2 aromatic carbocycles. The van der Waals surface area contributed by atoms with E-state index >= 15 is 0 Å². The topological polar surface area (TPSA) is 88.6 Å². The van der Waals surface area contributed by atoms with E-state index < -0.39 is 10.0 Å². The number of sulfonamides is 1. The largest absolute Gasteiger partial charge is 0.454 e. The van der Waals surface area contributed by atoms with Gasteiger partial charge in [-0.2, -0.15) is 4.31 Å². The summed E-state index contributed by atoms with van der Waals surface area (Å²) in [5.41, 5.74) is 2.95. The lowest BCUT2D eigenvalue weighted by Crippen LogP contribution is -2.47. The predicted molar refractivity (Wildman–Crippen MR) is 153 cm³/mol. The van der Waals surface area contributed by atoms with Crippen LogP contribution in [0.1, 0.15) is 21.6 Å². The highest BCUT2D eigenvalue weighted by molar-refractivity contribution is 7.89. The molecule has 0 atom stereocenters. The quantitative estimate of drug-likeness (QED) is 0.340. The SMILES string of the molecule is Cc1ccc(S(=O)(=O)N(CCN2CCOCC2)CC(=O)N(Cc2ccc3c(c2)OCO3)Cc2sccc2C)cc1. The van der Waals surface area contributed by atoms with Gasteiger partial charge in [-0.1, -0.05) is 23.8 Å². The van der Waals surface area contributed by atoms with Crippen molar-refractivity contribution in [2.45, 2.75) is 31.8 Å². The predicted octanol–water partition coefficient (Wildman–Crippen LogP) is 3.65. The fraction of sp³-hybridized carbons (Fsp3) is 0.414. The Bertz CT molecular complexity index is 1420. The Labute approximate surface area is 239 Å². The smallest absolute Gasteiger partial charge is 0.243 e. The molecule has 2 aliphatic rings. The van der Waals surface area contributed by atoms with E-state index in [9.17, 15) is 13.2 Å². The molecule has 5 rings (SSSR count). The standard InChI is InChI=1S/C29H35N3O6S2/c1-22-3-6-25(7-4-22)40(34,35)32(11-10-30-12-14-36-15-13-30)20-29(33)31(19-28-23(2)9-16-39-28)18-24-5-8-26-27(17-24)38-21-37-26/h3-9,16-17H,10-15,18-21H2,1-2H3. The van der Waals surface area contributed by atoms with Gasteiger partial charge in [0, 0.05) is 37.6 Å². The zero-order valence-electron chi connectivity index (χ0n) is 22.9. The van der Waals surface area contributed by atoms with E-state index in [-0.39, 0.29) is 30.7 Å². The Hall–Kier alpha value is -2.96. The summed E-state index contributed by atoms with van der Waals surface area (Å²) in [5, 5.41) is 2.00. The molecule has 9 nitrogen and oxygen atoms in total. The highest BCUT2D eigenvalue weighted by Gasteiger charge is 2.30. The lowest BCUT2D eigenvalue weighted by Gasteiger charge is -2.31. The molecule has 0 spiro atoms. The molecule has 1 saturated heterocycles. The maximum atomic E-state index is 13.9. The third kappa shape index (κ3) is 6.84. The van der Waals surface area contributed by atoms with E-state index in [2.05, 4.69) is 4.90 Å². The first-order valence-electron chi connectivity index (χ1n) is 13.4. The number of ether oxygens (including phenoxy) is 3. The third-order valence-corrected chi connectivity index (χ3v) is 10.1. The van der Waals surface area contributed by atoms with Crippen molar-refractivity contribution in [1.82, 2.24) is 14.1 Å². The first-order chi connectivity index (χ1) is 19.3. The van der Waals surface area contributed by atoms with Gasteiger partial charge in [-0.05, 0) is 60.7 Å². The minimum Gasteiger partial charge on any atom is -0.454 e. The van der Waals surface area contributed by atoms with Crippen LogP contribution in [0.4, 0.5) is 0 Å². The van der Waals surface area contributed by atoms with Crippen molar-refractivity contribution in [3.05, 3.63) is 75.5 Å². The monoisotopic (exact) mass is 585 g/mol. The van der Waals surface area contributed by atoms with Gasteiger partial charge in [0.2, 0.25) is 22.7 Å². The lowest BCUT2D eigenvalue weighted by atomic mass is 10.1. The number of aryl methyl sites for hydroxylation is 2. The summed E-state index contributed by atoms with van der Waals surface area (Å²) in [4.78, 5) is 19.1. The van der Waals surface area contributed by atoms with Crippen LogP contribution < -0.4 is 9.47 Å². The fourth-order valence-electron chi connectivity index (χ4n) is 4.70. The Morgan fingerprint density at radius 1 is 0.975 bits per heavy atom. The minimum absolute atomic E-state index is 0.171. The van der Waals surface area contributed by atoms with E-state index in [0.717, 1.165) is 34.7 Å². The van der Waals surface area contributed by atoms with Crippen LogP contribution in [0.25, 0.3) is 0 Å². The number of morpholine rings is 1. The molecule has 214 valence electrons. The molecule has 3 aromatic rings. The Kier molecular flexibility index (Phi) is 9.07.